The van der Waals surface area contributed by atoms with Crippen LogP contribution in [0.2, 0.25) is 0 Å². The number of nitrogens with one attached hydrogen (secondary N) is 1. The highest BCUT2D eigenvalue weighted by Crippen LogP contribution is 2.17. The number of halogens is 1. The van der Waals surface area contributed by atoms with Crippen molar-refractivity contribution >= 4 is 27.8 Å². The minimum absolute atomic E-state index is 0.0724. The molecule has 1 atom stereocenters. The molecule has 0 bridgehead atoms. The average Bonchev–Trinajstić information content (AvgIpc) is 2.46. The van der Waals surface area contributed by atoms with E-state index >= 15 is 0 Å². The van der Waals surface area contributed by atoms with Crippen LogP contribution in [-0.4, -0.2) is 41.5 Å². The first kappa shape index (κ1) is 16.0. The molecule has 0 spiro atoms. The molecular weight excluding hydrogens is 336 g/mol. The molecule has 0 radical (unpaired) electrons. The number of carbonyl (C=O) groups excluding carboxylic acids is 1. The maximum absolute atomic E-state index is 12.0. The molecule has 1 heterocycles. The van der Waals surface area contributed by atoms with E-state index in [1.165, 1.54) is 0 Å². The predicted molar refractivity (Wildman–Crippen MR) is 82.8 cm³/mol. The second-order valence-electron chi connectivity index (χ2n) is 5.28. The van der Waals surface area contributed by atoms with E-state index in [-0.39, 0.29) is 18.4 Å². The van der Waals surface area contributed by atoms with E-state index in [0.29, 0.717) is 19.5 Å². The lowest BCUT2D eigenvalue weighted by atomic mass is 9.98. The van der Waals surface area contributed by atoms with Gasteiger partial charge in [0.25, 0.3) is 0 Å². The maximum Gasteiger partial charge on any atom is 0.307 e. The van der Waals surface area contributed by atoms with Crippen LogP contribution < -0.4 is 5.32 Å². The number of carboxylic acid groups (broad SMARTS) is 1. The quantitative estimate of drug-likeness (QED) is 0.846. The highest BCUT2D eigenvalue weighted by atomic mass is 79.9. The van der Waals surface area contributed by atoms with Gasteiger partial charge in [-0.1, -0.05) is 34.1 Å². The lowest BCUT2D eigenvalue weighted by Crippen LogP contribution is -2.44. The highest BCUT2D eigenvalue weighted by Gasteiger charge is 2.26. The number of piperidine rings is 1. The molecule has 1 fully saturated rings. The van der Waals surface area contributed by atoms with Crippen LogP contribution in [0, 0.1) is 5.92 Å². The first-order valence-corrected chi connectivity index (χ1v) is 7.81. The standard InChI is InChI=1S/C15H19BrN2O3/c16-13-6-2-1-4-11(13)8-17-14(19)10-18-7-3-5-12(9-18)15(20)21/h1-2,4,6,12H,3,5,7-10H2,(H,17,19)(H,20,21). The Morgan fingerprint density at radius 1 is 1.38 bits per heavy atom. The molecule has 2 N–H and O–H groups in total. The van der Waals surface area contributed by atoms with Crippen molar-refractivity contribution in [2.45, 2.75) is 19.4 Å². The molecule has 1 aromatic rings. The smallest absolute Gasteiger partial charge is 0.307 e. The summed E-state index contributed by atoms with van der Waals surface area (Å²) in [6.45, 7) is 1.97. The van der Waals surface area contributed by atoms with Gasteiger partial charge in [0.1, 0.15) is 0 Å². The van der Waals surface area contributed by atoms with Crippen molar-refractivity contribution < 1.29 is 14.7 Å². The molecule has 1 amide bonds. The molecule has 0 aliphatic carbocycles. The van der Waals surface area contributed by atoms with Gasteiger partial charge in [-0.05, 0) is 31.0 Å². The largest absolute Gasteiger partial charge is 0.481 e. The first-order valence-electron chi connectivity index (χ1n) is 7.01. The van der Waals surface area contributed by atoms with Crippen LogP contribution in [0.5, 0.6) is 0 Å². The number of amides is 1. The number of rotatable bonds is 5. The molecule has 1 aromatic carbocycles. The van der Waals surface area contributed by atoms with Crippen LogP contribution in [-0.2, 0) is 16.1 Å². The van der Waals surface area contributed by atoms with E-state index in [1.54, 1.807) is 0 Å². The van der Waals surface area contributed by atoms with Gasteiger partial charge in [-0.25, -0.2) is 0 Å². The summed E-state index contributed by atoms with van der Waals surface area (Å²) in [6, 6.07) is 7.73. The van der Waals surface area contributed by atoms with Crippen LogP contribution in [0.15, 0.2) is 28.7 Å². The molecule has 0 aromatic heterocycles. The lowest BCUT2D eigenvalue weighted by Gasteiger charge is -2.29. The van der Waals surface area contributed by atoms with Crippen LogP contribution in [0.25, 0.3) is 0 Å². The Morgan fingerprint density at radius 3 is 2.86 bits per heavy atom. The number of benzene rings is 1. The monoisotopic (exact) mass is 354 g/mol. The fourth-order valence-electron chi connectivity index (χ4n) is 2.50. The predicted octanol–water partition coefficient (Wildman–Crippen LogP) is 1.86. The molecule has 2 rings (SSSR count). The van der Waals surface area contributed by atoms with Crippen LogP contribution in [0.1, 0.15) is 18.4 Å². The van der Waals surface area contributed by atoms with Gasteiger partial charge in [0.2, 0.25) is 5.91 Å². The van der Waals surface area contributed by atoms with Gasteiger partial charge in [0.05, 0.1) is 12.5 Å². The summed E-state index contributed by atoms with van der Waals surface area (Å²) in [5, 5.41) is 11.9. The number of carbonyl (C=O) groups is 2. The molecule has 1 saturated heterocycles. The first-order chi connectivity index (χ1) is 10.1. The normalized spacial score (nSPS) is 19.2. The van der Waals surface area contributed by atoms with Crippen molar-refractivity contribution in [1.29, 1.82) is 0 Å². The summed E-state index contributed by atoms with van der Waals surface area (Å²) < 4.78 is 0.967. The Labute approximate surface area is 132 Å². The summed E-state index contributed by atoms with van der Waals surface area (Å²) >= 11 is 3.44. The molecule has 1 aliphatic rings. The zero-order chi connectivity index (χ0) is 15.2. The van der Waals surface area contributed by atoms with Gasteiger partial charge in [0.15, 0.2) is 0 Å². The van der Waals surface area contributed by atoms with E-state index in [9.17, 15) is 9.59 Å². The van der Waals surface area contributed by atoms with Crippen LogP contribution >= 0.6 is 15.9 Å². The van der Waals surface area contributed by atoms with Crippen LogP contribution in [0.4, 0.5) is 0 Å². The average molecular weight is 355 g/mol. The van der Waals surface area contributed by atoms with Crippen molar-refractivity contribution in [3.63, 3.8) is 0 Å². The van der Waals surface area contributed by atoms with E-state index in [1.807, 2.05) is 29.2 Å². The minimum Gasteiger partial charge on any atom is -0.481 e. The summed E-state index contributed by atoms with van der Waals surface area (Å²) in [7, 11) is 0. The van der Waals surface area contributed by atoms with Gasteiger partial charge in [-0.2, -0.15) is 0 Å². The van der Waals surface area contributed by atoms with Gasteiger partial charge >= 0.3 is 5.97 Å². The molecule has 21 heavy (non-hydrogen) atoms. The number of aliphatic carboxylic acids is 1. The molecule has 114 valence electrons. The zero-order valence-corrected chi connectivity index (χ0v) is 13.3. The number of nitrogens with zero attached hydrogens (tertiary/aromatic N) is 1. The SMILES string of the molecule is O=C(CN1CCCC(C(=O)O)C1)NCc1ccccc1Br. The van der Waals surface area contributed by atoms with Crippen LogP contribution in [0.3, 0.4) is 0 Å². The summed E-state index contributed by atoms with van der Waals surface area (Å²) in [6.07, 6.45) is 1.53. The van der Waals surface area contributed by atoms with Crippen molar-refractivity contribution in [1.82, 2.24) is 10.2 Å². The number of likely N-dealkylation sites (tertiary alicyclic amines) is 1. The van der Waals surface area contributed by atoms with E-state index in [0.717, 1.165) is 23.0 Å². The Balaban J connectivity index is 1.79. The fourth-order valence-corrected chi connectivity index (χ4v) is 2.92. The summed E-state index contributed by atoms with van der Waals surface area (Å²) in [4.78, 5) is 24.9. The second-order valence-corrected chi connectivity index (χ2v) is 6.13. The van der Waals surface area contributed by atoms with Gasteiger partial charge in [0, 0.05) is 17.6 Å². The molecule has 6 heteroatoms. The van der Waals surface area contributed by atoms with Gasteiger partial charge in [-0.3, -0.25) is 14.5 Å². The topological polar surface area (TPSA) is 69.6 Å². The minimum atomic E-state index is -0.770. The zero-order valence-electron chi connectivity index (χ0n) is 11.7. The third-order valence-corrected chi connectivity index (χ3v) is 4.43. The molecular formula is C15H19BrN2O3. The molecule has 1 unspecified atom stereocenters. The van der Waals surface area contributed by atoms with Crippen molar-refractivity contribution in [2.75, 3.05) is 19.6 Å². The molecule has 5 nitrogen and oxygen atoms in total. The van der Waals surface area contributed by atoms with Crippen molar-refractivity contribution in [3.8, 4) is 0 Å². The number of carboxylic acids is 1. The third-order valence-electron chi connectivity index (χ3n) is 3.66. The fraction of sp³-hybridized carbons (Fsp3) is 0.467. The highest BCUT2D eigenvalue weighted by molar-refractivity contribution is 9.10. The Morgan fingerprint density at radius 2 is 2.14 bits per heavy atom. The van der Waals surface area contributed by atoms with E-state index in [2.05, 4.69) is 21.2 Å². The molecule has 0 saturated carbocycles. The van der Waals surface area contributed by atoms with Gasteiger partial charge in [-0.15, -0.1) is 0 Å². The van der Waals surface area contributed by atoms with Crippen molar-refractivity contribution in [2.24, 2.45) is 5.92 Å². The van der Waals surface area contributed by atoms with Gasteiger partial charge < -0.3 is 10.4 Å². The van der Waals surface area contributed by atoms with Crippen molar-refractivity contribution in [3.05, 3.63) is 34.3 Å². The molecule has 1 aliphatic heterocycles. The third kappa shape index (κ3) is 4.82. The summed E-state index contributed by atoms with van der Waals surface area (Å²) in [5.41, 5.74) is 1.02. The Kier molecular flexibility index (Phi) is 5.76. The summed E-state index contributed by atoms with van der Waals surface area (Å²) in [5.74, 6) is -1.19. The Hall–Kier alpha value is -1.40. The van der Waals surface area contributed by atoms with E-state index in [4.69, 9.17) is 5.11 Å². The number of hydrogen-bond acceptors (Lipinski definition) is 3. The maximum atomic E-state index is 12.0. The second kappa shape index (κ2) is 7.56. The van der Waals surface area contributed by atoms with E-state index < -0.39 is 5.97 Å². The number of hydrogen-bond donors (Lipinski definition) is 2. The Bertz CT molecular complexity index is 521. The lowest BCUT2D eigenvalue weighted by molar-refractivity contribution is -0.144.